The lowest BCUT2D eigenvalue weighted by Gasteiger charge is -2.29. The molecule has 1 fully saturated rings. The van der Waals surface area contributed by atoms with Crippen molar-refractivity contribution in [1.29, 1.82) is 0 Å². The Bertz CT molecular complexity index is 1090. The number of nitrogens with one attached hydrogen (secondary N) is 1. The summed E-state index contributed by atoms with van der Waals surface area (Å²) in [5, 5.41) is 5.02. The van der Waals surface area contributed by atoms with Gasteiger partial charge in [-0.05, 0) is 56.0 Å². The predicted molar refractivity (Wildman–Crippen MR) is 127 cm³/mol. The van der Waals surface area contributed by atoms with E-state index in [1.165, 1.54) is 6.42 Å². The highest BCUT2D eigenvalue weighted by Crippen LogP contribution is 2.29. The molecule has 0 spiro atoms. The van der Waals surface area contributed by atoms with Gasteiger partial charge in [0.1, 0.15) is 0 Å². The molecule has 158 valence electrons. The van der Waals surface area contributed by atoms with Gasteiger partial charge in [0.15, 0.2) is 0 Å². The third kappa shape index (κ3) is 4.42. The molecule has 2 heterocycles. The highest BCUT2D eigenvalue weighted by atomic mass is 35.5. The van der Waals surface area contributed by atoms with Crippen LogP contribution in [-0.2, 0) is 6.54 Å². The molecule has 1 aliphatic rings. The minimum absolute atomic E-state index is 0.00903. The first-order valence-corrected chi connectivity index (χ1v) is 11.3. The van der Waals surface area contributed by atoms with Crippen LogP contribution in [0.2, 0.25) is 10.0 Å². The number of rotatable bonds is 6. The molecule has 0 atom stereocenters. The van der Waals surface area contributed by atoms with E-state index in [4.69, 9.17) is 28.2 Å². The maximum Gasteiger partial charge on any atom is 0.264 e. The first kappa shape index (κ1) is 21.0. The van der Waals surface area contributed by atoms with Crippen molar-refractivity contribution in [2.75, 3.05) is 23.3 Å². The summed E-state index contributed by atoms with van der Waals surface area (Å²) in [6, 6.07) is 11.2. The van der Waals surface area contributed by atoms with E-state index in [2.05, 4.69) is 17.1 Å². The molecule has 1 N–H and O–H groups in total. The molecule has 7 heteroatoms. The smallest absolute Gasteiger partial charge is 0.264 e. The summed E-state index contributed by atoms with van der Waals surface area (Å²) < 4.78 is 1.74. The van der Waals surface area contributed by atoms with Gasteiger partial charge >= 0.3 is 0 Å². The number of unbranched alkanes of at least 4 members (excludes halogenated alkanes) is 1. The Morgan fingerprint density at radius 2 is 1.80 bits per heavy atom. The SMILES string of the molecule is CCCCn1c(Nc2cc(Cl)cc(Cl)c2)nc2cccc(N3CCCCC3)c2c1=O. The van der Waals surface area contributed by atoms with Gasteiger partial charge in [0, 0.05) is 35.4 Å². The fourth-order valence-electron chi connectivity index (χ4n) is 4.02. The second-order valence-electron chi connectivity index (χ2n) is 7.75. The van der Waals surface area contributed by atoms with E-state index in [1.54, 1.807) is 22.8 Å². The molecule has 0 aliphatic carbocycles. The topological polar surface area (TPSA) is 50.2 Å². The van der Waals surface area contributed by atoms with Gasteiger partial charge in [0.25, 0.3) is 5.56 Å². The number of nitrogens with zero attached hydrogens (tertiary/aromatic N) is 3. The van der Waals surface area contributed by atoms with Gasteiger partial charge in [-0.15, -0.1) is 0 Å². The van der Waals surface area contributed by atoms with Crippen molar-refractivity contribution < 1.29 is 0 Å². The van der Waals surface area contributed by atoms with Crippen molar-refractivity contribution in [2.45, 2.75) is 45.6 Å². The van der Waals surface area contributed by atoms with Gasteiger partial charge in [-0.1, -0.05) is 42.6 Å². The molecule has 0 radical (unpaired) electrons. The van der Waals surface area contributed by atoms with Crippen molar-refractivity contribution >= 4 is 51.4 Å². The summed E-state index contributed by atoms with van der Waals surface area (Å²) in [4.78, 5) is 20.8. The van der Waals surface area contributed by atoms with Crippen molar-refractivity contribution in [3.8, 4) is 0 Å². The van der Waals surface area contributed by atoms with Gasteiger partial charge in [0.2, 0.25) is 5.95 Å². The number of anilines is 3. The normalized spacial score (nSPS) is 14.3. The summed E-state index contributed by atoms with van der Waals surface area (Å²) in [5.74, 6) is 0.509. The number of piperidine rings is 1. The lowest BCUT2D eigenvalue weighted by molar-refractivity contribution is 0.578. The zero-order valence-corrected chi connectivity index (χ0v) is 18.6. The molecular weight excluding hydrogens is 419 g/mol. The van der Waals surface area contributed by atoms with Crippen LogP contribution in [0.15, 0.2) is 41.2 Å². The van der Waals surface area contributed by atoms with Crippen LogP contribution in [-0.4, -0.2) is 22.6 Å². The van der Waals surface area contributed by atoms with Crippen molar-refractivity contribution in [2.24, 2.45) is 0 Å². The van der Waals surface area contributed by atoms with Crippen molar-refractivity contribution in [3.63, 3.8) is 0 Å². The Morgan fingerprint density at radius 3 is 2.50 bits per heavy atom. The van der Waals surface area contributed by atoms with E-state index in [9.17, 15) is 4.79 Å². The van der Waals surface area contributed by atoms with Gasteiger partial charge < -0.3 is 10.2 Å². The summed E-state index contributed by atoms with van der Waals surface area (Å²) in [5.41, 5.74) is 2.39. The Morgan fingerprint density at radius 1 is 1.07 bits per heavy atom. The first-order chi connectivity index (χ1) is 14.6. The van der Waals surface area contributed by atoms with Crippen LogP contribution in [0.5, 0.6) is 0 Å². The lowest BCUT2D eigenvalue weighted by atomic mass is 10.1. The van der Waals surface area contributed by atoms with E-state index < -0.39 is 0 Å². The van der Waals surface area contributed by atoms with Crippen LogP contribution in [0.4, 0.5) is 17.3 Å². The fraction of sp³-hybridized carbons (Fsp3) is 0.391. The summed E-state index contributed by atoms with van der Waals surface area (Å²) in [7, 11) is 0. The van der Waals surface area contributed by atoms with E-state index in [0.717, 1.165) is 44.5 Å². The molecule has 1 saturated heterocycles. The number of hydrogen-bond donors (Lipinski definition) is 1. The standard InChI is InChI=1S/C23H26Cl2N4O/c1-2-3-12-29-22(30)21-19(8-7-9-20(21)28-10-5-4-6-11-28)27-23(29)26-18-14-16(24)13-17(25)15-18/h7-9,13-15H,2-6,10-12H2,1H3,(H,26,27). The molecule has 1 aromatic heterocycles. The van der Waals surface area contributed by atoms with Gasteiger partial charge in [-0.2, -0.15) is 0 Å². The molecule has 0 bridgehead atoms. The molecule has 0 saturated carbocycles. The maximum absolute atomic E-state index is 13.6. The van der Waals surface area contributed by atoms with Crippen LogP contribution in [0.3, 0.4) is 0 Å². The largest absolute Gasteiger partial charge is 0.371 e. The molecule has 4 rings (SSSR count). The van der Waals surface area contributed by atoms with Gasteiger partial charge in [-0.3, -0.25) is 9.36 Å². The van der Waals surface area contributed by atoms with E-state index in [1.807, 2.05) is 18.2 Å². The predicted octanol–water partition coefficient (Wildman–Crippen LogP) is 6.24. The number of hydrogen-bond acceptors (Lipinski definition) is 4. The van der Waals surface area contributed by atoms with E-state index >= 15 is 0 Å². The minimum Gasteiger partial charge on any atom is -0.371 e. The minimum atomic E-state index is -0.00903. The van der Waals surface area contributed by atoms with Crippen LogP contribution in [0.1, 0.15) is 39.0 Å². The molecule has 0 unspecified atom stereocenters. The Balaban J connectivity index is 1.84. The molecule has 2 aromatic carbocycles. The van der Waals surface area contributed by atoms with Crippen LogP contribution in [0.25, 0.3) is 10.9 Å². The number of halogens is 2. The molecular formula is C23H26Cl2N4O. The van der Waals surface area contributed by atoms with Gasteiger partial charge in [-0.25, -0.2) is 4.98 Å². The first-order valence-electron chi connectivity index (χ1n) is 10.6. The maximum atomic E-state index is 13.6. The second-order valence-corrected chi connectivity index (χ2v) is 8.62. The number of fused-ring (bicyclic) bond motifs is 1. The molecule has 0 amide bonds. The third-order valence-corrected chi connectivity index (χ3v) is 5.95. The average molecular weight is 445 g/mol. The van der Waals surface area contributed by atoms with Crippen LogP contribution < -0.4 is 15.8 Å². The van der Waals surface area contributed by atoms with Gasteiger partial charge in [0.05, 0.1) is 16.6 Å². The third-order valence-electron chi connectivity index (χ3n) is 5.51. The summed E-state index contributed by atoms with van der Waals surface area (Å²) in [6.07, 6.45) is 5.44. The van der Waals surface area contributed by atoms with Crippen LogP contribution >= 0.6 is 23.2 Å². The molecule has 3 aromatic rings. The summed E-state index contributed by atoms with van der Waals surface area (Å²) in [6.45, 7) is 4.68. The molecule has 5 nitrogen and oxygen atoms in total. The lowest BCUT2D eigenvalue weighted by Crippen LogP contribution is -2.32. The Labute approximate surface area is 186 Å². The average Bonchev–Trinajstić information content (AvgIpc) is 2.73. The van der Waals surface area contributed by atoms with Crippen molar-refractivity contribution in [1.82, 2.24) is 9.55 Å². The fourth-order valence-corrected chi connectivity index (χ4v) is 4.54. The Hall–Kier alpha value is -2.24. The zero-order valence-electron chi connectivity index (χ0n) is 17.1. The molecule has 1 aliphatic heterocycles. The van der Waals surface area contributed by atoms with E-state index in [0.29, 0.717) is 39.1 Å². The highest BCUT2D eigenvalue weighted by molar-refractivity contribution is 6.35. The molecule has 30 heavy (non-hydrogen) atoms. The summed E-state index contributed by atoms with van der Waals surface area (Å²) >= 11 is 12.3. The quantitative estimate of drug-likeness (QED) is 0.488. The monoisotopic (exact) mass is 444 g/mol. The number of benzene rings is 2. The number of aromatic nitrogens is 2. The van der Waals surface area contributed by atoms with E-state index in [-0.39, 0.29) is 5.56 Å². The van der Waals surface area contributed by atoms with Crippen LogP contribution in [0, 0.1) is 0 Å². The second kappa shape index (κ2) is 9.27. The van der Waals surface area contributed by atoms with Crippen molar-refractivity contribution in [3.05, 3.63) is 56.8 Å². The Kier molecular flexibility index (Phi) is 6.49. The zero-order chi connectivity index (χ0) is 21.1. The highest BCUT2D eigenvalue weighted by Gasteiger charge is 2.19.